The number of methoxy groups -OCH3 is 1. The number of amides is 2. The molecule has 2 aromatic rings. The number of hydrogen-bond acceptors (Lipinski definition) is 6. The topological polar surface area (TPSA) is 90.0 Å². The third-order valence-corrected chi connectivity index (χ3v) is 5.17. The van der Waals surface area contributed by atoms with Crippen molar-refractivity contribution in [2.24, 2.45) is 0 Å². The molecule has 2 amide bonds. The summed E-state index contributed by atoms with van der Waals surface area (Å²) in [7, 11) is 2.92. The van der Waals surface area contributed by atoms with E-state index in [0.29, 0.717) is 16.9 Å². The first-order valence-electron chi connectivity index (χ1n) is 11.7. The van der Waals surface area contributed by atoms with Crippen LogP contribution >= 0.6 is 0 Å². The Morgan fingerprint density at radius 3 is 2.27 bits per heavy atom. The Bertz CT molecular complexity index is 1110. The summed E-state index contributed by atoms with van der Waals surface area (Å²) in [6, 6.07) is 7.11. The van der Waals surface area contributed by atoms with E-state index in [1.165, 1.54) is 25.1 Å². The number of rotatable bonds is 8. The molecule has 0 saturated heterocycles. The van der Waals surface area contributed by atoms with E-state index in [2.05, 4.69) is 10.3 Å². The standard InChI is InChI=1S/C26H34F3N3O5/c1-15(2)36-22-19(11-12-21(31-22)26(27,28)29)32(7)23(33)16(3)17-9-10-18(20(13-17)35-8)14-30-24(34)37-25(4,5)6/h9-13,15-16H,14H2,1-8H3,(H,30,34). The Labute approximate surface area is 215 Å². The van der Waals surface area contributed by atoms with Gasteiger partial charge in [0.1, 0.15) is 22.7 Å². The lowest BCUT2D eigenvalue weighted by molar-refractivity contribution is -0.141. The molecular weight excluding hydrogens is 491 g/mol. The summed E-state index contributed by atoms with van der Waals surface area (Å²) in [6.07, 6.45) is -5.68. The minimum Gasteiger partial charge on any atom is -0.496 e. The Morgan fingerprint density at radius 1 is 1.08 bits per heavy atom. The average molecular weight is 526 g/mol. The van der Waals surface area contributed by atoms with E-state index in [0.717, 1.165) is 6.07 Å². The van der Waals surface area contributed by atoms with Gasteiger partial charge in [-0.25, -0.2) is 9.78 Å². The van der Waals surface area contributed by atoms with E-state index >= 15 is 0 Å². The molecule has 0 saturated carbocycles. The second kappa shape index (κ2) is 11.7. The monoisotopic (exact) mass is 525 g/mol. The third kappa shape index (κ3) is 8.26. The first kappa shape index (κ1) is 29.7. The summed E-state index contributed by atoms with van der Waals surface area (Å²) in [6.45, 7) is 10.4. The van der Waals surface area contributed by atoms with Gasteiger partial charge < -0.3 is 24.4 Å². The number of carbonyl (C=O) groups excluding carboxylic acids is 2. The van der Waals surface area contributed by atoms with E-state index in [4.69, 9.17) is 14.2 Å². The maximum Gasteiger partial charge on any atom is 0.433 e. The highest BCUT2D eigenvalue weighted by atomic mass is 19.4. The molecule has 1 unspecified atom stereocenters. The molecule has 204 valence electrons. The minimum absolute atomic E-state index is 0.115. The van der Waals surface area contributed by atoms with Gasteiger partial charge in [0.25, 0.3) is 0 Å². The molecule has 0 radical (unpaired) electrons. The van der Waals surface area contributed by atoms with Crippen LogP contribution in [0, 0.1) is 0 Å². The maximum absolute atomic E-state index is 13.3. The predicted octanol–water partition coefficient (Wildman–Crippen LogP) is 5.69. The van der Waals surface area contributed by atoms with Gasteiger partial charge in [-0.05, 0) is 65.3 Å². The quantitative estimate of drug-likeness (QED) is 0.477. The molecule has 0 bridgehead atoms. The predicted molar refractivity (Wildman–Crippen MR) is 133 cm³/mol. The number of benzene rings is 1. The molecule has 0 spiro atoms. The molecule has 0 aliphatic heterocycles. The lowest BCUT2D eigenvalue weighted by atomic mass is 9.97. The molecule has 1 N–H and O–H groups in total. The number of pyridine rings is 1. The lowest BCUT2D eigenvalue weighted by Gasteiger charge is -2.25. The maximum atomic E-state index is 13.3. The highest BCUT2D eigenvalue weighted by molar-refractivity contribution is 5.98. The highest BCUT2D eigenvalue weighted by Gasteiger charge is 2.34. The molecule has 2 rings (SSSR count). The van der Waals surface area contributed by atoms with Crippen LogP contribution in [0.5, 0.6) is 11.6 Å². The van der Waals surface area contributed by atoms with E-state index in [-0.39, 0.29) is 18.1 Å². The first-order valence-corrected chi connectivity index (χ1v) is 11.7. The van der Waals surface area contributed by atoms with Crippen LogP contribution < -0.4 is 19.7 Å². The molecule has 0 aliphatic rings. The number of halogens is 3. The van der Waals surface area contributed by atoms with Crippen molar-refractivity contribution < 1.29 is 37.0 Å². The molecule has 8 nitrogen and oxygen atoms in total. The van der Waals surface area contributed by atoms with Gasteiger partial charge in [0.15, 0.2) is 0 Å². The van der Waals surface area contributed by atoms with Gasteiger partial charge >= 0.3 is 12.3 Å². The number of carbonyl (C=O) groups is 2. The van der Waals surface area contributed by atoms with Gasteiger partial charge in [0, 0.05) is 19.2 Å². The van der Waals surface area contributed by atoms with Crippen molar-refractivity contribution in [3.05, 3.63) is 47.2 Å². The second-order valence-corrected chi connectivity index (χ2v) is 9.73. The fourth-order valence-corrected chi connectivity index (χ4v) is 3.37. The van der Waals surface area contributed by atoms with Crippen LogP contribution in [0.4, 0.5) is 23.7 Å². The Morgan fingerprint density at radius 2 is 1.73 bits per heavy atom. The Balaban J connectivity index is 2.26. The summed E-state index contributed by atoms with van der Waals surface area (Å²) in [5.41, 5.74) is -0.349. The van der Waals surface area contributed by atoms with Crippen molar-refractivity contribution >= 4 is 17.7 Å². The molecule has 1 atom stereocenters. The van der Waals surface area contributed by atoms with Crippen molar-refractivity contribution in [3.63, 3.8) is 0 Å². The number of hydrogen-bond donors (Lipinski definition) is 1. The fourth-order valence-electron chi connectivity index (χ4n) is 3.37. The van der Waals surface area contributed by atoms with E-state index in [9.17, 15) is 22.8 Å². The van der Waals surface area contributed by atoms with Gasteiger partial charge in [-0.2, -0.15) is 13.2 Å². The Kier molecular flexibility index (Phi) is 9.40. The fraction of sp³-hybridized carbons (Fsp3) is 0.500. The molecule has 1 aromatic carbocycles. The molecule has 1 heterocycles. The van der Waals surface area contributed by atoms with Gasteiger partial charge in [-0.1, -0.05) is 12.1 Å². The summed E-state index contributed by atoms with van der Waals surface area (Å²) < 4.78 is 55.7. The lowest BCUT2D eigenvalue weighted by Crippen LogP contribution is -2.32. The van der Waals surface area contributed by atoms with Crippen LogP contribution in [0.1, 0.15) is 64.3 Å². The van der Waals surface area contributed by atoms with E-state index < -0.39 is 41.5 Å². The molecule has 1 aromatic heterocycles. The normalized spacial score (nSPS) is 12.6. The third-order valence-electron chi connectivity index (χ3n) is 5.17. The number of aromatic nitrogens is 1. The zero-order valence-electron chi connectivity index (χ0n) is 22.3. The minimum atomic E-state index is -4.65. The van der Waals surface area contributed by atoms with Crippen LogP contribution in [0.25, 0.3) is 0 Å². The molecule has 0 fully saturated rings. The number of alkyl carbamates (subject to hydrolysis) is 1. The van der Waals surface area contributed by atoms with Crippen LogP contribution in [0.3, 0.4) is 0 Å². The molecule has 11 heteroatoms. The van der Waals surface area contributed by atoms with E-state index in [1.807, 2.05) is 0 Å². The largest absolute Gasteiger partial charge is 0.496 e. The van der Waals surface area contributed by atoms with E-state index in [1.54, 1.807) is 59.7 Å². The average Bonchev–Trinajstić information content (AvgIpc) is 2.79. The summed E-state index contributed by atoms with van der Waals surface area (Å²) in [5, 5.41) is 2.66. The van der Waals surface area contributed by atoms with Gasteiger partial charge in [-0.3, -0.25) is 4.79 Å². The van der Waals surface area contributed by atoms with Crippen molar-refractivity contribution in [1.82, 2.24) is 10.3 Å². The van der Waals surface area contributed by atoms with Crippen molar-refractivity contribution in [2.45, 2.75) is 71.9 Å². The second-order valence-electron chi connectivity index (χ2n) is 9.73. The van der Waals surface area contributed by atoms with Crippen LogP contribution in [-0.4, -0.2) is 42.8 Å². The number of likely N-dealkylation sites (N-methyl/N-ethyl adjacent to an activating group) is 1. The summed E-state index contributed by atoms with van der Waals surface area (Å²) in [4.78, 5) is 30.1. The Hall–Kier alpha value is -3.50. The molecule has 37 heavy (non-hydrogen) atoms. The number of nitrogens with one attached hydrogen (secondary N) is 1. The summed E-state index contributed by atoms with van der Waals surface area (Å²) >= 11 is 0. The first-order chi connectivity index (χ1) is 17.0. The van der Waals surface area contributed by atoms with Crippen LogP contribution in [0.2, 0.25) is 0 Å². The SMILES string of the molecule is COc1cc(C(C)C(=O)N(C)c2ccc(C(F)(F)F)nc2OC(C)C)ccc1CNC(=O)OC(C)(C)C. The smallest absolute Gasteiger partial charge is 0.433 e. The van der Waals surface area contributed by atoms with Crippen LogP contribution in [-0.2, 0) is 22.3 Å². The number of alkyl halides is 3. The van der Waals surface area contributed by atoms with Gasteiger partial charge in [0.05, 0.1) is 19.1 Å². The zero-order valence-corrected chi connectivity index (χ0v) is 22.3. The number of nitrogens with zero attached hydrogens (tertiary/aromatic N) is 2. The summed E-state index contributed by atoms with van der Waals surface area (Å²) in [5.74, 6) is -0.900. The van der Waals surface area contributed by atoms with Crippen molar-refractivity contribution in [1.29, 1.82) is 0 Å². The van der Waals surface area contributed by atoms with Crippen molar-refractivity contribution in [2.75, 3.05) is 19.1 Å². The number of ether oxygens (including phenoxy) is 3. The molecule has 0 aliphatic carbocycles. The van der Waals surface area contributed by atoms with Crippen molar-refractivity contribution in [3.8, 4) is 11.6 Å². The zero-order chi connectivity index (χ0) is 28.1. The molecular formula is C26H34F3N3O5. The highest BCUT2D eigenvalue weighted by Crippen LogP contribution is 2.35. The number of anilines is 1. The van der Waals surface area contributed by atoms with Gasteiger partial charge in [0.2, 0.25) is 11.8 Å². The van der Waals surface area contributed by atoms with Gasteiger partial charge in [-0.15, -0.1) is 0 Å². The van der Waals surface area contributed by atoms with Crippen LogP contribution in [0.15, 0.2) is 30.3 Å².